The number of carbonyl (C=O) groups excluding carboxylic acids is 1. The Bertz CT molecular complexity index is 686. The van der Waals surface area contributed by atoms with Gasteiger partial charge in [0.2, 0.25) is 5.91 Å². The van der Waals surface area contributed by atoms with E-state index < -0.39 is 23.3 Å². The van der Waals surface area contributed by atoms with Crippen molar-refractivity contribution in [3.05, 3.63) is 53.6 Å². The molecule has 0 fully saturated rings. The maximum absolute atomic E-state index is 13.5. The minimum absolute atomic E-state index is 0.0736. The first-order valence-electron chi connectivity index (χ1n) is 5.99. The second kappa shape index (κ2) is 6.00. The predicted molar refractivity (Wildman–Crippen MR) is 74.3 cm³/mol. The first-order valence-corrected chi connectivity index (χ1v) is 5.99. The molecule has 4 N–H and O–H groups in total. The number of nitrogen functional groups attached to an aromatic ring is 1. The summed E-state index contributed by atoms with van der Waals surface area (Å²) < 4.78 is 13.5. The number of pyridine rings is 1. The van der Waals surface area contributed by atoms with Crippen LogP contribution >= 0.6 is 0 Å². The minimum Gasteiger partial charge on any atom is -0.478 e. The highest BCUT2D eigenvalue weighted by molar-refractivity contribution is 6.01. The van der Waals surface area contributed by atoms with Crippen molar-refractivity contribution in [2.75, 3.05) is 11.1 Å². The van der Waals surface area contributed by atoms with Gasteiger partial charge in [0.05, 0.1) is 24.0 Å². The molecule has 1 amide bonds. The van der Waals surface area contributed by atoms with Crippen LogP contribution in [-0.2, 0) is 11.2 Å². The molecule has 0 aliphatic carbocycles. The van der Waals surface area contributed by atoms with E-state index in [1.165, 1.54) is 18.3 Å². The van der Waals surface area contributed by atoms with Gasteiger partial charge in [-0.2, -0.15) is 0 Å². The molecule has 21 heavy (non-hydrogen) atoms. The first-order chi connectivity index (χ1) is 9.97. The highest BCUT2D eigenvalue weighted by Crippen LogP contribution is 2.19. The predicted octanol–water partition coefficient (Wildman–Crippen LogP) is 1.68. The monoisotopic (exact) mass is 289 g/mol. The summed E-state index contributed by atoms with van der Waals surface area (Å²) in [7, 11) is 0. The fraction of sp³-hybridized carbons (Fsp3) is 0.0714. The van der Waals surface area contributed by atoms with Gasteiger partial charge in [-0.15, -0.1) is 0 Å². The topological polar surface area (TPSA) is 105 Å². The molecule has 0 atom stereocenters. The van der Waals surface area contributed by atoms with E-state index in [-0.39, 0.29) is 12.1 Å². The number of aromatic nitrogens is 1. The Labute approximate surface area is 119 Å². The van der Waals surface area contributed by atoms with Crippen molar-refractivity contribution in [2.24, 2.45) is 0 Å². The number of benzene rings is 1. The smallest absolute Gasteiger partial charge is 0.340 e. The highest BCUT2D eigenvalue weighted by atomic mass is 19.1. The number of nitrogens with two attached hydrogens (primary N) is 1. The van der Waals surface area contributed by atoms with E-state index in [0.29, 0.717) is 11.4 Å². The van der Waals surface area contributed by atoms with Crippen LogP contribution in [-0.4, -0.2) is 22.0 Å². The largest absolute Gasteiger partial charge is 0.478 e. The van der Waals surface area contributed by atoms with Crippen molar-refractivity contribution in [1.29, 1.82) is 0 Å². The molecule has 1 heterocycles. The molecule has 0 radical (unpaired) electrons. The Balaban J connectivity index is 2.15. The van der Waals surface area contributed by atoms with Crippen molar-refractivity contribution < 1.29 is 19.1 Å². The van der Waals surface area contributed by atoms with Crippen molar-refractivity contribution in [1.82, 2.24) is 4.98 Å². The standard InChI is InChI=1S/C14H12FN3O3/c15-10-2-1-3-11(13(10)14(20)21)18-12(19)6-9-5-4-8(16)7-17-9/h1-5,7H,6,16H2,(H,18,19)(H,20,21). The summed E-state index contributed by atoms with van der Waals surface area (Å²) in [5.74, 6) is -2.86. The number of amides is 1. The van der Waals surface area contributed by atoms with Crippen LogP contribution in [0.15, 0.2) is 36.5 Å². The Kier molecular flexibility index (Phi) is 4.13. The van der Waals surface area contributed by atoms with Gasteiger partial charge in [0.1, 0.15) is 11.4 Å². The number of hydrogen-bond donors (Lipinski definition) is 3. The molecule has 6 nitrogen and oxygen atoms in total. The number of nitrogens with one attached hydrogen (secondary N) is 1. The van der Waals surface area contributed by atoms with Crippen LogP contribution in [0.1, 0.15) is 16.1 Å². The molecule has 2 rings (SSSR count). The van der Waals surface area contributed by atoms with Crippen LogP contribution in [0, 0.1) is 5.82 Å². The molecule has 1 aromatic carbocycles. The Hall–Kier alpha value is -2.96. The Morgan fingerprint density at radius 2 is 2.05 bits per heavy atom. The zero-order valence-electron chi connectivity index (χ0n) is 10.8. The number of carboxylic acid groups (broad SMARTS) is 1. The summed E-state index contributed by atoms with van der Waals surface area (Å²) in [6.45, 7) is 0. The fourth-order valence-corrected chi connectivity index (χ4v) is 1.75. The van der Waals surface area contributed by atoms with Gasteiger partial charge in [0.25, 0.3) is 0 Å². The van der Waals surface area contributed by atoms with Gasteiger partial charge in [0, 0.05) is 5.69 Å². The van der Waals surface area contributed by atoms with Gasteiger partial charge in [0.15, 0.2) is 0 Å². The van der Waals surface area contributed by atoms with Crippen LogP contribution in [0.5, 0.6) is 0 Å². The lowest BCUT2D eigenvalue weighted by atomic mass is 10.1. The van der Waals surface area contributed by atoms with Gasteiger partial charge in [-0.05, 0) is 24.3 Å². The summed E-state index contributed by atoms with van der Waals surface area (Å²) in [4.78, 5) is 26.8. The number of rotatable bonds is 4. The number of carbonyl (C=O) groups is 2. The van der Waals surface area contributed by atoms with E-state index in [9.17, 15) is 14.0 Å². The molecule has 7 heteroatoms. The normalized spacial score (nSPS) is 10.1. The molecule has 0 aliphatic heterocycles. The summed E-state index contributed by atoms with van der Waals surface area (Å²) in [5, 5.41) is 11.3. The maximum Gasteiger partial charge on any atom is 0.340 e. The van der Waals surface area contributed by atoms with Crippen LogP contribution < -0.4 is 11.1 Å². The summed E-state index contributed by atoms with van der Waals surface area (Å²) in [5.41, 5.74) is 5.75. The average Bonchev–Trinajstić information content (AvgIpc) is 2.41. The highest BCUT2D eigenvalue weighted by Gasteiger charge is 2.17. The van der Waals surface area contributed by atoms with E-state index in [4.69, 9.17) is 10.8 Å². The Morgan fingerprint density at radius 3 is 2.67 bits per heavy atom. The van der Waals surface area contributed by atoms with Gasteiger partial charge in [-0.3, -0.25) is 9.78 Å². The van der Waals surface area contributed by atoms with Crippen LogP contribution in [0.25, 0.3) is 0 Å². The second-order valence-corrected chi connectivity index (χ2v) is 4.28. The van der Waals surface area contributed by atoms with E-state index in [1.807, 2.05) is 0 Å². The third-order valence-electron chi connectivity index (χ3n) is 2.69. The van der Waals surface area contributed by atoms with Crippen molar-refractivity contribution in [2.45, 2.75) is 6.42 Å². The number of anilines is 2. The molecular formula is C14H12FN3O3. The number of nitrogens with zero attached hydrogens (tertiary/aromatic N) is 1. The molecule has 2 aromatic rings. The molecule has 108 valence electrons. The molecule has 0 bridgehead atoms. The molecule has 0 aliphatic rings. The van der Waals surface area contributed by atoms with E-state index in [1.54, 1.807) is 12.1 Å². The van der Waals surface area contributed by atoms with Gasteiger partial charge in [-0.1, -0.05) is 6.07 Å². The summed E-state index contributed by atoms with van der Waals surface area (Å²) >= 11 is 0. The van der Waals surface area contributed by atoms with Gasteiger partial charge >= 0.3 is 5.97 Å². The van der Waals surface area contributed by atoms with E-state index in [2.05, 4.69) is 10.3 Å². The molecule has 0 saturated heterocycles. The van der Waals surface area contributed by atoms with Crippen LogP contribution in [0.2, 0.25) is 0 Å². The van der Waals surface area contributed by atoms with Gasteiger partial charge in [-0.25, -0.2) is 9.18 Å². The van der Waals surface area contributed by atoms with Gasteiger partial charge < -0.3 is 16.2 Å². The zero-order chi connectivity index (χ0) is 15.4. The van der Waals surface area contributed by atoms with Crippen molar-refractivity contribution in [3.63, 3.8) is 0 Å². The van der Waals surface area contributed by atoms with Crippen LogP contribution in [0.3, 0.4) is 0 Å². The third kappa shape index (κ3) is 3.53. The lowest BCUT2D eigenvalue weighted by Crippen LogP contribution is -2.18. The van der Waals surface area contributed by atoms with Crippen LogP contribution in [0.4, 0.5) is 15.8 Å². The molecule has 0 saturated carbocycles. The van der Waals surface area contributed by atoms with Crippen molar-refractivity contribution >= 4 is 23.3 Å². The lowest BCUT2D eigenvalue weighted by Gasteiger charge is -2.09. The number of hydrogen-bond acceptors (Lipinski definition) is 4. The second-order valence-electron chi connectivity index (χ2n) is 4.28. The summed E-state index contributed by atoms with van der Waals surface area (Å²) in [6.07, 6.45) is 1.34. The molecular weight excluding hydrogens is 277 g/mol. The average molecular weight is 289 g/mol. The van der Waals surface area contributed by atoms with E-state index in [0.717, 1.165) is 6.07 Å². The lowest BCUT2D eigenvalue weighted by molar-refractivity contribution is -0.115. The fourth-order valence-electron chi connectivity index (χ4n) is 1.75. The Morgan fingerprint density at radius 1 is 1.29 bits per heavy atom. The first kappa shape index (κ1) is 14.4. The maximum atomic E-state index is 13.5. The third-order valence-corrected chi connectivity index (χ3v) is 2.69. The quantitative estimate of drug-likeness (QED) is 0.794. The number of carboxylic acids is 1. The molecule has 0 unspecified atom stereocenters. The molecule has 0 spiro atoms. The summed E-state index contributed by atoms with van der Waals surface area (Å²) in [6, 6.07) is 6.83. The van der Waals surface area contributed by atoms with E-state index >= 15 is 0 Å². The SMILES string of the molecule is Nc1ccc(CC(=O)Nc2cccc(F)c2C(=O)O)nc1. The van der Waals surface area contributed by atoms with Crippen molar-refractivity contribution in [3.8, 4) is 0 Å². The zero-order valence-corrected chi connectivity index (χ0v) is 10.8. The molecule has 1 aromatic heterocycles. The minimum atomic E-state index is -1.45. The number of halogens is 1. The number of aromatic carboxylic acids is 1.